The Morgan fingerprint density at radius 2 is 1.26 bits per heavy atom. The van der Waals surface area contributed by atoms with Crippen LogP contribution in [0.5, 0.6) is 0 Å². The number of nitrogens with one attached hydrogen (secondary N) is 2. The molecule has 0 aromatic heterocycles. The van der Waals surface area contributed by atoms with E-state index < -0.39 is 5.41 Å². The molecule has 0 radical (unpaired) electrons. The molecule has 0 unspecified atom stereocenters. The monoisotopic (exact) mass is 365 g/mol. The molecule has 3 rings (SSSR count). The van der Waals surface area contributed by atoms with Crippen molar-refractivity contribution in [2.45, 2.75) is 33.6 Å². The first-order chi connectivity index (χ1) is 12.9. The van der Waals surface area contributed by atoms with Gasteiger partial charge in [0.1, 0.15) is 5.41 Å². The number of hydrogen-bond acceptors (Lipinski definition) is 3. The molecule has 1 aliphatic rings. The Labute approximate surface area is 160 Å². The van der Waals surface area contributed by atoms with Crippen molar-refractivity contribution in [3.05, 3.63) is 54.1 Å². The maximum absolute atomic E-state index is 12.7. The molecule has 0 bridgehead atoms. The maximum atomic E-state index is 12.7. The summed E-state index contributed by atoms with van der Waals surface area (Å²) in [5.74, 6) is -0.668. The number of aryl methyl sites for hydroxylation is 1. The van der Waals surface area contributed by atoms with Crippen LogP contribution in [0.4, 0.5) is 17.1 Å². The van der Waals surface area contributed by atoms with Gasteiger partial charge in [-0.2, -0.15) is 0 Å². The van der Waals surface area contributed by atoms with E-state index in [-0.39, 0.29) is 11.8 Å². The highest BCUT2D eigenvalue weighted by Crippen LogP contribution is 2.25. The van der Waals surface area contributed by atoms with Gasteiger partial charge in [0.15, 0.2) is 0 Å². The van der Waals surface area contributed by atoms with Gasteiger partial charge in [0, 0.05) is 30.2 Å². The Morgan fingerprint density at radius 1 is 0.815 bits per heavy atom. The molecule has 1 saturated heterocycles. The number of carbonyl (C=O) groups excluding carboxylic acids is 2. The van der Waals surface area contributed by atoms with Gasteiger partial charge in [0.2, 0.25) is 11.8 Å². The molecule has 0 atom stereocenters. The second kappa shape index (κ2) is 7.82. The van der Waals surface area contributed by atoms with Crippen molar-refractivity contribution in [1.82, 2.24) is 0 Å². The van der Waals surface area contributed by atoms with Crippen LogP contribution in [0.15, 0.2) is 48.5 Å². The van der Waals surface area contributed by atoms with Crippen LogP contribution in [0.3, 0.4) is 0 Å². The predicted molar refractivity (Wildman–Crippen MR) is 110 cm³/mol. The fraction of sp³-hybridized carbons (Fsp3) is 0.364. The van der Waals surface area contributed by atoms with Crippen molar-refractivity contribution < 1.29 is 9.59 Å². The molecule has 0 spiro atoms. The van der Waals surface area contributed by atoms with Gasteiger partial charge < -0.3 is 15.5 Å². The number of benzene rings is 2. The minimum Gasteiger partial charge on any atom is -0.372 e. The standard InChI is InChI=1S/C22H27N3O2/c1-16-6-8-17(9-7-16)23-20(26)22(2,3)21(27)24-18-10-12-19(13-11-18)25-14-4-5-15-25/h6-13H,4-5,14-15H2,1-3H3,(H,23,26)(H,24,27). The number of hydrogen-bond donors (Lipinski definition) is 2. The smallest absolute Gasteiger partial charge is 0.239 e. The molecule has 1 heterocycles. The molecule has 0 aliphatic carbocycles. The van der Waals surface area contributed by atoms with Gasteiger partial charge in [-0.15, -0.1) is 0 Å². The van der Waals surface area contributed by atoms with Crippen molar-refractivity contribution in [2.24, 2.45) is 5.41 Å². The van der Waals surface area contributed by atoms with Crippen molar-refractivity contribution in [1.29, 1.82) is 0 Å². The van der Waals surface area contributed by atoms with Gasteiger partial charge in [-0.25, -0.2) is 0 Å². The molecular formula is C22H27N3O2. The molecule has 142 valence electrons. The van der Waals surface area contributed by atoms with Crippen LogP contribution in [-0.2, 0) is 9.59 Å². The molecule has 2 N–H and O–H groups in total. The minimum absolute atomic E-state index is 0.332. The molecule has 5 heteroatoms. The van der Waals surface area contributed by atoms with E-state index >= 15 is 0 Å². The highest BCUT2D eigenvalue weighted by atomic mass is 16.2. The quantitative estimate of drug-likeness (QED) is 0.781. The van der Waals surface area contributed by atoms with E-state index in [9.17, 15) is 9.59 Å². The third-order valence-corrected chi connectivity index (χ3v) is 5.04. The average molecular weight is 365 g/mol. The van der Waals surface area contributed by atoms with Gasteiger partial charge in [-0.3, -0.25) is 9.59 Å². The number of nitrogens with zero attached hydrogens (tertiary/aromatic N) is 1. The third-order valence-electron chi connectivity index (χ3n) is 5.04. The summed E-state index contributed by atoms with van der Waals surface area (Å²) >= 11 is 0. The molecule has 0 saturated carbocycles. The molecule has 2 amide bonds. The molecule has 1 aliphatic heterocycles. The minimum atomic E-state index is -1.20. The summed E-state index contributed by atoms with van der Waals surface area (Å²) in [5.41, 5.74) is 2.46. The van der Waals surface area contributed by atoms with Crippen molar-refractivity contribution in [3.8, 4) is 0 Å². The van der Waals surface area contributed by atoms with Crippen molar-refractivity contribution in [2.75, 3.05) is 28.6 Å². The van der Waals surface area contributed by atoms with E-state index in [4.69, 9.17) is 0 Å². The number of amides is 2. The van der Waals surface area contributed by atoms with E-state index in [1.54, 1.807) is 13.8 Å². The predicted octanol–water partition coefficient (Wildman–Crippen LogP) is 4.20. The fourth-order valence-corrected chi connectivity index (χ4v) is 3.05. The Morgan fingerprint density at radius 3 is 1.74 bits per heavy atom. The lowest BCUT2D eigenvalue weighted by Gasteiger charge is -2.23. The molecule has 2 aromatic rings. The largest absolute Gasteiger partial charge is 0.372 e. The topological polar surface area (TPSA) is 61.4 Å². The van der Waals surface area contributed by atoms with Crippen molar-refractivity contribution in [3.63, 3.8) is 0 Å². The summed E-state index contributed by atoms with van der Waals surface area (Å²) in [6.07, 6.45) is 2.45. The number of rotatable bonds is 5. The molecule has 2 aromatic carbocycles. The third kappa shape index (κ3) is 4.48. The van der Waals surface area contributed by atoms with Crippen LogP contribution in [0.2, 0.25) is 0 Å². The van der Waals surface area contributed by atoms with E-state index in [2.05, 4.69) is 15.5 Å². The number of carbonyl (C=O) groups is 2. The van der Waals surface area contributed by atoms with Crippen LogP contribution in [-0.4, -0.2) is 24.9 Å². The van der Waals surface area contributed by atoms with Crippen LogP contribution < -0.4 is 15.5 Å². The lowest BCUT2D eigenvalue weighted by Crippen LogP contribution is -2.41. The second-order valence-corrected chi connectivity index (χ2v) is 7.64. The zero-order chi connectivity index (χ0) is 19.4. The highest BCUT2D eigenvalue weighted by molar-refractivity contribution is 6.14. The average Bonchev–Trinajstić information content (AvgIpc) is 3.19. The summed E-state index contributed by atoms with van der Waals surface area (Å²) in [5, 5.41) is 5.67. The highest BCUT2D eigenvalue weighted by Gasteiger charge is 2.36. The second-order valence-electron chi connectivity index (χ2n) is 7.64. The molecule has 1 fully saturated rings. The van der Waals surface area contributed by atoms with Gasteiger partial charge in [-0.1, -0.05) is 17.7 Å². The summed E-state index contributed by atoms with van der Waals surface area (Å²) in [7, 11) is 0. The van der Waals surface area contributed by atoms with Gasteiger partial charge in [0.25, 0.3) is 0 Å². The Bertz CT molecular complexity index is 804. The first-order valence-electron chi connectivity index (χ1n) is 9.41. The Kier molecular flexibility index (Phi) is 5.49. The number of anilines is 3. The lowest BCUT2D eigenvalue weighted by atomic mass is 9.90. The summed E-state index contributed by atoms with van der Waals surface area (Å²) in [6, 6.07) is 15.3. The zero-order valence-electron chi connectivity index (χ0n) is 16.2. The first-order valence-corrected chi connectivity index (χ1v) is 9.41. The van der Waals surface area contributed by atoms with Crippen LogP contribution in [0.25, 0.3) is 0 Å². The van der Waals surface area contributed by atoms with E-state index in [0.29, 0.717) is 11.4 Å². The van der Waals surface area contributed by atoms with E-state index in [1.807, 2.05) is 55.5 Å². The van der Waals surface area contributed by atoms with Crippen LogP contribution in [0, 0.1) is 12.3 Å². The summed E-state index contributed by atoms with van der Waals surface area (Å²) in [6.45, 7) is 7.41. The lowest BCUT2D eigenvalue weighted by molar-refractivity contribution is -0.135. The van der Waals surface area contributed by atoms with E-state index in [0.717, 1.165) is 18.7 Å². The molecule has 27 heavy (non-hydrogen) atoms. The maximum Gasteiger partial charge on any atom is 0.239 e. The summed E-state index contributed by atoms with van der Waals surface area (Å²) in [4.78, 5) is 27.6. The Hall–Kier alpha value is -2.82. The fourth-order valence-electron chi connectivity index (χ4n) is 3.05. The molecular weight excluding hydrogens is 338 g/mol. The van der Waals surface area contributed by atoms with Gasteiger partial charge >= 0.3 is 0 Å². The van der Waals surface area contributed by atoms with Gasteiger partial charge in [0.05, 0.1) is 0 Å². The Balaban J connectivity index is 1.62. The normalized spacial score (nSPS) is 14.1. The van der Waals surface area contributed by atoms with E-state index in [1.165, 1.54) is 18.5 Å². The van der Waals surface area contributed by atoms with Gasteiger partial charge in [-0.05, 0) is 70.0 Å². The van der Waals surface area contributed by atoms with Crippen molar-refractivity contribution >= 4 is 28.9 Å². The first kappa shape index (κ1) is 19.0. The summed E-state index contributed by atoms with van der Waals surface area (Å²) < 4.78 is 0. The zero-order valence-corrected chi connectivity index (χ0v) is 16.2. The van der Waals surface area contributed by atoms with Crippen LogP contribution in [0.1, 0.15) is 32.3 Å². The van der Waals surface area contributed by atoms with Crippen LogP contribution >= 0.6 is 0 Å². The molecule has 5 nitrogen and oxygen atoms in total. The SMILES string of the molecule is Cc1ccc(NC(=O)C(C)(C)C(=O)Nc2ccc(N3CCCC3)cc2)cc1.